The lowest BCUT2D eigenvalue weighted by Crippen LogP contribution is -2.33. The highest BCUT2D eigenvalue weighted by molar-refractivity contribution is 5.99. The largest absolute Gasteiger partial charge is 0.497 e. The van der Waals surface area contributed by atoms with Crippen LogP contribution in [-0.2, 0) is 6.42 Å². The normalized spacial score (nSPS) is 18.4. The standard InChI is InChI=1S/C20H32N4O/c1-20(2,3)19(22-16-10-12-24(4)13-11-16)23-18(21)14-15-6-8-17(25-5)9-7-15/h6-9,16H,10-14H2,1-5H3,(H2,21,22,23). The lowest BCUT2D eigenvalue weighted by Gasteiger charge is -2.28. The van der Waals surface area contributed by atoms with E-state index in [0.717, 1.165) is 43.1 Å². The average Bonchev–Trinajstić information content (AvgIpc) is 2.56. The molecule has 0 aromatic heterocycles. The molecule has 1 aromatic rings. The average molecular weight is 345 g/mol. The molecule has 0 aliphatic carbocycles. The van der Waals surface area contributed by atoms with E-state index in [2.05, 4.69) is 32.7 Å². The summed E-state index contributed by atoms with van der Waals surface area (Å²) in [4.78, 5) is 12.0. The maximum absolute atomic E-state index is 6.23. The predicted octanol–water partition coefficient (Wildman–Crippen LogP) is 3.13. The Labute approximate surface area is 152 Å². The Morgan fingerprint density at radius 1 is 1.20 bits per heavy atom. The van der Waals surface area contributed by atoms with Crippen molar-refractivity contribution >= 4 is 11.7 Å². The first-order valence-electron chi connectivity index (χ1n) is 9.00. The Morgan fingerprint density at radius 3 is 2.32 bits per heavy atom. The number of nitrogens with two attached hydrogens (primary N) is 1. The van der Waals surface area contributed by atoms with Gasteiger partial charge in [0.2, 0.25) is 0 Å². The summed E-state index contributed by atoms with van der Waals surface area (Å²) in [5, 5.41) is 0. The molecule has 0 unspecified atom stereocenters. The van der Waals surface area contributed by atoms with Gasteiger partial charge >= 0.3 is 0 Å². The number of methoxy groups -OCH3 is 1. The van der Waals surface area contributed by atoms with Crippen LogP contribution in [0, 0.1) is 5.41 Å². The van der Waals surface area contributed by atoms with Crippen molar-refractivity contribution in [2.45, 2.75) is 46.1 Å². The van der Waals surface area contributed by atoms with E-state index in [1.807, 2.05) is 24.3 Å². The van der Waals surface area contributed by atoms with Gasteiger partial charge in [-0.3, -0.25) is 4.99 Å². The summed E-state index contributed by atoms with van der Waals surface area (Å²) in [5.74, 6) is 2.30. The van der Waals surface area contributed by atoms with Crippen molar-refractivity contribution in [3.05, 3.63) is 29.8 Å². The Balaban J connectivity index is 2.12. The van der Waals surface area contributed by atoms with Gasteiger partial charge in [-0.25, -0.2) is 4.99 Å². The van der Waals surface area contributed by atoms with Crippen LogP contribution in [0.2, 0.25) is 0 Å². The lowest BCUT2D eigenvalue weighted by molar-refractivity contribution is 0.256. The minimum Gasteiger partial charge on any atom is -0.497 e. The molecule has 1 saturated heterocycles. The Bertz CT molecular complexity index is 606. The van der Waals surface area contributed by atoms with Gasteiger partial charge in [0.25, 0.3) is 0 Å². The molecule has 0 radical (unpaired) electrons. The summed E-state index contributed by atoms with van der Waals surface area (Å²) in [5.41, 5.74) is 7.23. The summed E-state index contributed by atoms with van der Waals surface area (Å²) >= 11 is 0. The smallest absolute Gasteiger partial charge is 0.131 e. The monoisotopic (exact) mass is 344 g/mol. The third-order valence-electron chi connectivity index (χ3n) is 4.46. The van der Waals surface area contributed by atoms with Crippen LogP contribution in [0.25, 0.3) is 0 Å². The quantitative estimate of drug-likeness (QED) is 0.674. The van der Waals surface area contributed by atoms with Crippen LogP contribution in [0.15, 0.2) is 34.3 Å². The van der Waals surface area contributed by atoms with Crippen molar-refractivity contribution in [1.82, 2.24) is 4.90 Å². The first kappa shape index (κ1) is 19.4. The van der Waals surface area contributed by atoms with E-state index >= 15 is 0 Å². The van der Waals surface area contributed by atoms with Crippen LogP contribution in [-0.4, -0.2) is 49.9 Å². The fourth-order valence-corrected chi connectivity index (χ4v) is 2.82. The Kier molecular flexibility index (Phi) is 6.59. The molecule has 2 N–H and O–H groups in total. The molecule has 5 heteroatoms. The van der Waals surface area contributed by atoms with Gasteiger partial charge in [0, 0.05) is 11.8 Å². The van der Waals surface area contributed by atoms with Crippen LogP contribution in [0.3, 0.4) is 0 Å². The van der Waals surface area contributed by atoms with Gasteiger partial charge in [-0.2, -0.15) is 0 Å². The van der Waals surface area contributed by atoms with E-state index in [-0.39, 0.29) is 5.41 Å². The van der Waals surface area contributed by atoms with Gasteiger partial charge < -0.3 is 15.4 Å². The Hall–Kier alpha value is -1.88. The van der Waals surface area contributed by atoms with Crippen LogP contribution in [0.5, 0.6) is 5.75 Å². The van der Waals surface area contributed by atoms with Crippen LogP contribution < -0.4 is 10.5 Å². The van der Waals surface area contributed by atoms with Crippen molar-refractivity contribution in [2.75, 3.05) is 27.2 Å². The summed E-state index contributed by atoms with van der Waals surface area (Å²) < 4.78 is 5.19. The minimum absolute atomic E-state index is 0.117. The minimum atomic E-state index is -0.117. The number of likely N-dealkylation sites (tertiary alicyclic amines) is 1. The molecule has 0 atom stereocenters. The highest BCUT2D eigenvalue weighted by Gasteiger charge is 2.23. The molecular weight excluding hydrogens is 312 g/mol. The van der Waals surface area contributed by atoms with Gasteiger partial charge in [0.15, 0.2) is 0 Å². The lowest BCUT2D eigenvalue weighted by atomic mass is 9.94. The van der Waals surface area contributed by atoms with E-state index in [0.29, 0.717) is 18.3 Å². The molecule has 0 amide bonds. The molecule has 0 saturated carbocycles. The van der Waals surface area contributed by atoms with Crippen molar-refractivity contribution in [3.8, 4) is 5.75 Å². The number of amidine groups is 2. The maximum atomic E-state index is 6.23. The molecule has 1 heterocycles. The molecule has 5 nitrogen and oxygen atoms in total. The molecule has 25 heavy (non-hydrogen) atoms. The molecule has 1 fully saturated rings. The van der Waals surface area contributed by atoms with Crippen molar-refractivity contribution in [2.24, 2.45) is 21.1 Å². The second kappa shape index (κ2) is 8.48. The van der Waals surface area contributed by atoms with Gasteiger partial charge in [0.05, 0.1) is 13.2 Å². The summed E-state index contributed by atoms with van der Waals surface area (Å²) in [6.45, 7) is 8.62. The van der Waals surface area contributed by atoms with E-state index in [9.17, 15) is 0 Å². The molecular formula is C20H32N4O. The summed E-state index contributed by atoms with van der Waals surface area (Å²) in [7, 11) is 3.83. The van der Waals surface area contributed by atoms with Gasteiger partial charge in [-0.15, -0.1) is 0 Å². The van der Waals surface area contributed by atoms with E-state index < -0.39 is 0 Å². The maximum Gasteiger partial charge on any atom is 0.131 e. The Morgan fingerprint density at radius 2 is 1.80 bits per heavy atom. The van der Waals surface area contributed by atoms with Crippen molar-refractivity contribution in [1.29, 1.82) is 0 Å². The third-order valence-corrected chi connectivity index (χ3v) is 4.46. The molecule has 1 aliphatic rings. The highest BCUT2D eigenvalue weighted by atomic mass is 16.5. The van der Waals surface area contributed by atoms with Gasteiger partial charge in [-0.05, 0) is 50.7 Å². The number of ether oxygens (including phenoxy) is 1. The highest BCUT2D eigenvalue weighted by Crippen LogP contribution is 2.21. The van der Waals surface area contributed by atoms with E-state index in [4.69, 9.17) is 20.5 Å². The number of hydrogen-bond acceptors (Lipinski definition) is 3. The molecule has 1 aromatic carbocycles. The molecule has 2 rings (SSSR count). The zero-order valence-corrected chi connectivity index (χ0v) is 16.2. The molecule has 1 aliphatic heterocycles. The number of nitrogens with zero attached hydrogens (tertiary/aromatic N) is 3. The fraction of sp³-hybridized carbons (Fsp3) is 0.600. The van der Waals surface area contributed by atoms with Crippen LogP contribution >= 0.6 is 0 Å². The van der Waals surface area contributed by atoms with E-state index in [1.165, 1.54) is 0 Å². The van der Waals surface area contributed by atoms with Crippen LogP contribution in [0.1, 0.15) is 39.2 Å². The van der Waals surface area contributed by atoms with Crippen molar-refractivity contribution in [3.63, 3.8) is 0 Å². The summed E-state index contributed by atoms with van der Waals surface area (Å²) in [6.07, 6.45) is 2.79. The second-order valence-electron chi connectivity index (χ2n) is 7.87. The number of benzene rings is 1. The van der Waals surface area contributed by atoms with Gasteiger partial charge in [0.1, 0.15) is 17.4 Å². The molecule has 138 valence electrons. The number of piperidine rings is 1. The van der Waals surface area contributed by atoms with Crippen LogP contribution in [0.4, 0.5) is 0 Å². The topological polar surface area (TPSA) is 63.2 Å². The molecule has 0 bridgehead atoms. The number of aliphatic imine (C=N–C) groups is 2. The first-order chi connectivity index (χ1) is 11.8. The third kappa shape index (κ3) is 6.16. The zero-order chi connectivity index (χ0) is 18.4. The fourth-order valence-electron chi connectivity index (χ4n) is 2.82. The summed E-state index contributed by atoms with van der Waals surface area (Å²) in [6, 6.07) is 8.28. The number of rotatable bonds is 4. The van der Waals surface area contributed by atoms with Crippen molar-refractivity contribution < 1.29 is 4.74 Å². The van der Waals surface area contributed by atoms with E-state index in [1.54, 1.807) is 7.11 Å². The predicted molar refractivity (Wildman–Crippen MR) is 106 cm³/mol. The molecule has 0 spiro atoms. The second-order valence-corrected chi connectivity index (χ2v) is 7.87. The number of hydrogen-bond donors (Lipinski definition) is 1. The van der Waals surface area contributed by atoms with Gasteiger partial charge in [-0.1, -0.05) is 32.9 Å². The first-order valence-corrected chi connectivity index (χ1v) is 9.00. The SMILES string of the molecule is COc1ccc(CC(N)=NC(=NC2CCN(C)CC2)C(C)(C)C)cc1. The zero-order valence-electron chi connectivity index (χ0n) is 16.2.